The van der Waals surface area contributed by atoms with E-state index in [0.29, 0.717) is 17.7 Å². The van der Waals surface area contributed by atoms with E-state index in [1.165, 1.54) is 16.7 Å². The first-order valence-corrected chi connectivity index (χ1v) is 5.67. The first kappa shape index (κ1) is 11.9. The van der Waals surface area contributed by atoms with Crippen LogP contribution in [0.25, 0.3) is 0 Å². The van der Waals surface area contributed by atoms with E-state index < -0.39 is 28.8 Å². The molecule has 2 aromatic rings. The normalized spacial score (nSPS) is 10.6. The fourth-order valence-electron chi connectivity index (χ4n) is 1.49. The van der Waals surface area contributed by atoms with Crippen LogP contribution in [0, 0.1) is 24.4 Å². The summed E-state index contributed by atoms with van der Waals surface area (Å²) in [4.78, 5) is 11.9. The quantitative estimate of drug-likeness (QED) is 0.749. The lowest BCUT2D eigenvalue weighted by molar-refractivity contribution is 0.103. The Kier molecular flexibility index (Phi) is 3.02. The van der Waals surface area contributed by atoms with Gasteiger partial charge in [0.25, 0.3) is 0 Å². The number of ketones is 1. The van der Waals surface area contributed by atoms with Crippen LogP contribution in [0.2, 0.25) is 0 Å². The molecule has 0 unspecified atom stereocenters. The van der Waals surface area contributed by atoms with Crippen molar-refractivity contribution in [1.82, 2.24) is 0 Å². The highest BCUT2D eigenvalue weighted by Crippen LogP contribution is 2.22. The highest BCUT2D eigenvalue weighted by Gasteiger charge is 2.21. The standard InChI is InChI=1S/C12H7F3OS/c1-6-4-17-5-8(6)12(16)11-9(14)2-7(13)3-10(11)15/h2-5H,1H3. The highest BCUT2D eigenvalue weighted by atomic mass is 32.1. The number of benzene rings is 1. The Bertz CT molecular complexity index is 566. The molecule has 0 fully saturated rings. The molecule has 17 heavy (non-hydrogen) atoms. The van der Waals surface area contributed by atoms with Gasteiger partial charge in [-0.05, 0) is 17.9 Å². The Balaban J connectivity index is 2.56. The zero-order chi connectivity index (χ0) is 12.6. The predicted octanol–water partition coefficient (Wildman–Crippen LogP) is 3.70. The van der Waals surface area contributed by atoms with Gasteiger partial charge in [0.15, 0.2) is 5.78 Å². The summed E-state index contributed by atoms with van der Waals surface area (Å²) in [5.74, 6) is -4.17. The topological polar surface area (TPSA) is 17.1 Å². The zero-order valence-corrected chi connectivity index (χ0v) is 9.58. The third-order valence-corrected chi connectivity index (χ3v) is 3.20. The molecule has 0 saturated carbocycles. The molecule has 0 bridgehead atoms. The Morgan fingerprint density at radius 1 is 1.12 bits per heavy atom. The second-order valence-electron chi connectivity index (χ2n) is 3.54. The van der Waals surface area contributed by atoms with Gasteiger partial charge in [0.2, 0.25) is 0 Å². The molecule has 0 aliphatic heterocycles. The van der Waals surface area contributed by atoms with Gasteiger partial charge >= 0.3 is 0 Å². The Morgan fingerprint density at radius 2 is 1.71 bits per heavy atom. The summed E-state index contributed by atoms with van der Waals surface area (Å²) in [5.41, 5.74) is 0.162. The van der Waals surface area contributed by atoms with Gasteiger partial charge in [-0.2, -0.15) is 11.3 Å². The van der Waals surface area contributed by atoms with Crippen LogP contribution in [-0.4, -0.2) is 5.78 Å². The number of halogens is 3. The summed E-state index contributed by atoms with van der Waals surface area (Å²) in [7, 11) is 0. The minimum atomic E-state index is -1.18. The predicted molar refractivity (Wildman–Crippen MR) is 58.8 cm³/mol. The molecule has 1 nitrogen and oxygen atoms in total. The Hall–Kier alpha value is -1.62. The minimum Gasteiger partial charge on any atom is -0.288 e. The molecule has 1 aromatic carbocycles. The van der Waals surface area contributed by atoms with Crippen LogP contribution in [0.3, 0.4) is 0 Å². The SMILES string of the molecule is Cc1cscc1C(=O)c1c(F)cc(F)cc1F. The van der Waals surface area contributed by atoms with E-state index in [0.717, 1.165) is 0 Å². The lowest BCUT2D eigenvalue weighted by atomic mass is 10.0. The van der Waals surface area contributed by atoms with Crippen molar-refractivity contribution in [3.05, 3.63) is 57.0 Å². The smallest absolute Gasteiger partial charge is 0.200 e. The van der Waals surface area contributed by atoms with Crippen molar-refractivity contribution in [2.75, 3.05) is 0 Å². The van der Waals surface area contributed by atoms with Gasteiger partial charge in [-0.25, -0.2) is 13.2 Å². The van der Waals surface area contributed by atoms with E-state index in [-0.39, 0.29) is 5.56 Å². The molecule has 5 heteroatoms. The van der Waals surface area contributed by atoms with E-state index in [1.807, 2.05) is 0 Å². The lowest BCUT2D eigenvalue weighted by Crippen LogP contribution is -2.08. The van der Waals surface area contributed by atoms with Crippen molar-refractivity contribution < 1.29 is 18.0 Å². The molecular weight excluding hydrogens is 249 g/mol. The van der Waals surface area contributed by atoms with Gasteiger partial charge in [-0.3, -0.25) is 4.79 Å². The fraction of sp³-hybridized carbons (Fsp3) is 0.0833. The number of hydrogen-bond acceptors (Lipinski definition) is 2. The highest BCUT2D eigenvalue weighted by molar-refractivity contribution is 7.08. The van der Waals surface area contributed by atoms with Crippen molar-refractivity contribution in [2.24, 2.45) is 0 Å². The summed E-state index contributed by atoms with van der Waals surface area (Å²) in [6, 6.07) is 0.996. The van der Waals surface area contributed by atoms with Gasteiger partial charge in [0, 0.05) is 23.1 Å². The van der Waals surface area contributed by atoms with Gasteiger partial charge in [0.1, 0.15) is 17.5 Å². The Morgan fingerprint density at radius 3 is 2.18 bits per heavy atom. The van der Waals surface area contributed by atoms with Gasteiger partial charge in [0.05, 0.1) is 5.56 Å². The van der Waals surface area contributed by atoms with Gasteiger partial charge < -0.3 is 0 Å². The molecule has 88 valence electrons. The van der Waals surface area contributed by atoms with Crippen LogP contribution in [0.4, 0.5) is 13.2 Å². The lowest BCUT2D eigenvalue weighted by Gasteiger charge is -2.04. The molecule has 1 aromatic heterocycles. The van der Waals surface area contributed by atoms with E-state index in [1.54, 1.807) is 12.3 Å². The molecule has 0 amide bonds. The minimum absolute atomic E-state index is 0.236. The van der Waals surface area contributed by atoms with Crippen LogP contribution in [0.15, 0.2) is 22.9 Å². The van der Waals surface area contributed by atoms with Crippen molar-refractivity contribution >= 4 is 17.1 Å². The van der Waals surface area contributed by atoms with Crippen LogP contribution < -0.4 is 0 Å². The third kappa shape index (κ3) is 2.10. The second-order valence-corrected chi connectivity index (χ2v) is 4.29. The van der Waals surface area contributed by atoms with E-state index >= 15 is 0 Å². The van der Waals surface area contributed by atoms with Crippen molar-refractivity contribution in [2.45, 2.75) is 6.92 Å². The van der Waals surface area contributed by atoms with Crippen LogP contribution in [0.1, 0.15) is 21.5 Å². The summed E-state index contributed by atoms with van der Waals surface area (Å²) >= 11 is 1.26. The van der Waals surface area contributed by atoms with E-state index in [4.69, 9.17) is 0 Å². The first-order chi connectivity index (χ1) is 8.00. The maximum absolute atomic E-state index is 13.4. The zero-order valence-electron chi connectivity index (χ0n) is 8.76. The molecule has 1 heterocycles. The average molecular weight is 256 g/mol. The summed E-state index contributed by atoms with van der Waals surface area (Å²) in [6.45, 7) is 1.67. The molecule has 2 rings (SSSR count). The number of thiophene rings is 1. The number of carbonyl (C=O) groups excluding carboxylic acids is 1. The number of carbonyl (C=O) groups is 1. The van der Waals surface area contributed by atoms with Gasteiger partial charge in [-0.15, -0.1) is 0 Å². The van der Waals surface area contributed by atoms with Gasteiger partial charge in [-0.1, -0.05) is 0 Å². The van der Waals surface area contributed by atoms with E-state index in [2.05, 4.69) is 0 Å². The largest absolute Gasteiger partial charge is 0.288 e. The maximum Gasteiger partial charge on any atom is 0.200 e. The summed E-state index contributed by atoms with van der Waals surface area (Å²) < 4.78 is 39.5. The summed E-state index contributed by atoms with van der Waals surface area (Å²) in [6.07, 6.45) is 0. The average Bonchev–Trinajstić information content (AvgIpc) is 2.62. The molecule has 0 atom stereocenters. The Labute approximate surface area is 99.5 Å². The maximum atomic E-state index is 13.4. The third-order valence-electron chi connectivity index (χ3n) is 2.33. The molecule has 0 N–H and O–H groups in total. The van der Waals surface area contributed by atoms with E-state index in [9.17, 15) is 18.0 Å². The van der Waals surface area contributed by atoms with Crippen LogP contribution in [-0.2, 0) is 0 Å². The van der Waals surface area contributed by atoms with Crippen molar-refractivity contribution in [3.63, 3.8) is 0 Å². The first-order valence-electron chi connectivity index (χ1n) is 4.72. The molecule has 0 saturated heterocycles. The van der Waals surface area contributed by atoms with Crippen molar-refractivity contribution in [1.29, 1.82) is 0 Å². The fourth-order valence-corrected chi connectivity index (χ4v) is 2.32. The molecular formula is C12H7F3OS. The molecule has 0 aliphatic carbocycles. The number of rotatable bonds is 2. The molecule has 0 spiro atoms. The molecule has 0 aliphatic rings. The monoisotopic (exact) mass is 256 g/mol. The second kappa shape index (κ2) is 4.33. The molecule has 0 radical (unpaired) electrons. The summed E-state index contributed by atoms with van der Waals surface area (Å²) in [5, 5.41) is 3.21. The van der Waals surface area contributed by atoms with Crippen LogP contribution in [0.5, 0.6) is 0 Å². The van der Waals surface area contributed by atoms with Crippen molar-refractivity contribution in [3.8, 4) is 0 Å². The number of aryl methyl sites for hydroxylation is 1. The van der Waals surface area contributed by atoms with Crippen LogP contribution >= 0.6 is 11.3 Å². The number of hydrogen-bond donors (Lipinski definition) is 0.